The SMILES string of the molecule is CN(Cc1cnn(-c2ccccc2)c1)C(=O)c1ccnn1C1CCC1. The van der Waals surface area contributed by atoms with Crippen LogP contribution >= 0.6 is 0 Å². The van der Waals surface area contributed by atoms with Crippen LogP contribution in [0.1, 0.15) is 41.4 Å². The lowest BCUT2D eigenvalue weighted by atomic mass is 9.93. The van der Waals surface area contributed by atoms with Crippen LogP contribution in [0, 0.1) is 0 Å². The maximum Gasteiger partial charge on any atom is 0.272 e. The Morgan fingerprint density at radius 1 is 1.20 bits per heavy atom. The number of rotatable bonds is 5. The summed E-state index contributed by atoms with van der Waals surface area (Å²) in [5, 5.41) is 8.74. The first-order chi connectivity index (χ1) is 12.2. The summed E-state index contributed by atoms with van der Waals surface area (Å²) in [6.45, 7) is 0.515. The average Bonchev–Trinajstić information content (AvgIpc) is 3.23. The van der Waals surface area contributed by atoms with Gasteiger partial charge < -0.3 is 4.90 Å². The maximum atomic E-state index is 12.8. The number of nitrogens with zero attached hydrogens (tertiary/aromatic N) is 5. The molecule has 1 aliphatic carbocycles. The lowest BCUT2D eigenvalue weighted by Crippen LogP contribution is -2.30. The van der Waals surface area contributed by atoms with E-state index in [1.165, 1.54) is 6.42 Å². The van der Waals surface area contributed by atoms with E-state index in [1.807, 2.05) is 59.0 Å². The summed E-state index contributed by atoms with van der Waals surface area (Å²) < 4.78 is 3.71. The molecular weight excluding hydrogens is 314 g/mol. The van der Waals surface area contributed by atoms with Crippen molar-refractivity contribution in [2.45, 2.75) is 31.8 Å². The summed E-state index contributed by atoms with van der Waals surface area (Å²) in [6, 6.07) is 12.1. The van der Waals surface area contributed by atoms with Gasteiger partial charge in [-0.3, -0.25) is 9.48 Å². The first-order valence-electron chi connectivity index (χ1n) is 8.60. The number of hydrogen-bond acceptors (Lipinski definition) is 3. The highest BCUT2D eigenvalue weighted by molar-refractivity contribution is 5.92. The van der Waals surface area contributed by atoms with Gasteiger partial charge in [0.2, 0.25) is 0 Å². The van der Waals surface area contributed by atoms with E-state index in [0.717, 1.165) is 24.1 Å². The molecule has 2 heterocycles. The van der Waals surface area contributed by atoms with Crippen LogP contribution < -0.4 is 0 Å². The Balaban J connectivity index is 1.47. The third-order valence-electron chi connectivity index (χ3n) is 4.73. The number of aromatic nitrogens is 4. The molecule has 3 aromatic rings. The van der Waals surface area contributed by atoms with Gasteiger partial charge in [-0.15, -0.1) is 0 Å². The highest BCUT2D eigenvalue weighted by atomic mass is 16.2. The molecule has 0 atom stereocenters. The molecular formula is C19H21N5O. The van der Waals surface area contributed by atoms with Crippen LogP contribution in [0.5, 0.6) is 0 Å². The van der Waals surface area contributed by atoms with Crippen LogP contribution in [0.15, 0.2) is 55.0 Å². The van der Waals surface area contributed by atoms with Gasteiger partial charge in [0, 0.05) is 31.5 Å². The largest absolute Gasteiger partial charge is 0.336 e. The Kier molecular flexibility index (Phi) is 4.09. The predicted octanol–water partition coefficient (Wildman–Crippen LogP) is 3.07. The minimum absolute atomic E-state index is 0.00291. The van der Waals surface area contributed by atoms with E-state index in [4.69, 9.17) is 0 Å². The highest BCUT2D eigenvalue weighted by Gasteiger charge is 2.26. The van der Waals surface area contributed by atoms with Crippen LogP contribution in [0.3, 0.4) is 0 Å². The molecule has 0 N–H and O–H groups in total. The van der Waals surface area contributed by atoms with Gasteiger partial charge in [-0.25, -0.2) is 4.68 Å². The van der Waals surface area contributed by atoms with E-state index in [9.17, 15) is 4.79 Å². The summed E-state index contributed by atoms with van der Waals surface area (Å²) in [5.74, 6) is -0.00291. The van der Waals surface area contributed by atoms with Crippen LogP contribution in [-0.4, -0.2) is 37.4 Å². The van der Waals surface area contributed by atoms with Crippen LogP contribution in [0.25, 0.3) is 5.69 Å². The van der Waals surface area contributed by atoms with E-state index in [1.54, 1.807) is 17.3 Å². The quantitative estimate of drug-likeness (QED) is 0.720. The van der Waals surface area contributed by atoms with Gasteiger partial charge in [-0.05, 0) is 37.5 Å². The Hall–Kier alpha value is -2.89. The predicted molar refractivity (Wildman–Crippen MR) is 94.5 cm³/mol. The lowest BCUT2D eigenvalue weighted by molar-refractivity contribution is 0.0765. The van der Waals surface area contributed by atoms with E-state index in [2.05, 4.69) is 10.2 Å². The molecule has 0 saturated heterocycles. The third kappa shape index (κ3) is 3.07. The van der Waals surface area contributed by atoms with E-state index >= 15 is 0 Å². The lowest BCUT2D eigenvalue weighted by Gasteiger charge is -2.28. The third-order valence-corrected chi connectivity index (χ3v) is 4.73. The monoisotopic (exact) mass is 335 g/mol. The molecule has 128 valence electrons. The second kappa shape index (κ2) is 6.55. The summed E-state index contributed by atoms with van der Waals surface area (Å²) >= 11 is 0. The summed E-state index contributed by atoms with van der Waals surface area (Å²) in [4.78, 5) is 14.5. The Bertz CT molecular complexity index is 863. The van der Waals surface area contributed by atoms with E-state index < -0.39 is 0 Å². The molecule has 6 nitrogen and oxygen atoms in total. The van der Waals surface area contributed by atoms with Gasteiger partial charge in [0.25, 0.3) is 5.91 Å². The molecule has 1 aliphatic rings. The number of hydrogen-bond donors (Lipinski definition) is 0. The minimum Gasteiger partial charge on any atom is -0.336 e. The highest BCUT2D eigenvalue weighted by Crippen LogP contribution is 2.32. The van der Waals surface area contributed by atoms with Crippen LogP contribution in [0.4, 0.5) is 0 Å². The Morgan fingerprint density at radius 2 is 2.00 bits per heavy atom. The number of para-hydroxylation sites is 1. The fourth-order valence-corrected chi connectivity index (χ4v) is 3.11. The topological polar surface area (TPSA) is 56.0 Å². The number of carbonyl (C=O) groups excluding carboxylic acids is 1. The van der Waals surface area contributed by atoms with Gasteiger partial charge in [0.05, 0.1) is 17.9 Å². The smallest absolute Gasteiger partial charge is 0.272 e. The zero-order chi connectivity index (χ0) is 17.2. The van der Waals surface area contributed by atoms with Crippen LogP contribution in [0.2, 0.25) is 0 Å². The molecule has 2 aromatic heterocycles. The number of benzene rings is 1. The molecule has 1 fully saturated rings. The van der Waals surface area contributed by atoms with Crippen molar-refractivity contribution in [1.82, 2.24) is 24.5 Å². The van der Waals surface area contributed by atoms with E-state index in [0.29, 0.717) is 18.3 Å². The second-order valence-corrected chi connectivity index (χ2v) is 6.54. The van der Waals surface area contributed by atoms with Gasteiger partial charge in [-0.1, -0.05) is 18.2 Å². The first-order valence-corrected chi connectivity index (χ1v) is 8.60. The molecule has 0 unspecified atom stereocenters. The van der Waals surface area contributed by atoms with Crippen molar-refractivity contribution in [1.29, 1.82) is 0 Å². The minimum atomic E-state index is -0.00291. The van der Waals surface area contributed by atoms with Gasteiger partial charge in [0.15, 0.2) is 0 Å². The molecule has 0 radical (unpaired) electrons. The van der Waals surface area contributed by atoms with Crippen molar-refractivity contribution in [3.63, 3.8) is 0 Å². The zero-order valence-corrected chi connectivity index (χ0v) is 14.2. The molecule has 0 bridgehead atoms. The summed E-state index contributed by atoms with van der Waals surface area (Å²) in [6.07, 6.45) is 8.91. The molecule has 1 aromatic carbocycles. The second-order valence-electron chi connectivity index (χ2n) is 6.54. The maximum absolute atomic E-state index is 12.8. The average molecular weight is 335 g/mol. The summed E-state index contributed by atoms with van der Waals surface area (Å²) in [7, 11) is 1.82. The van der Waals surface area contributed by atoms with Gasteiger partial charge in [-0.2, -0.15) is 10.2 Å². The molecule has 6 heteroatoms. The van der Waals surface area contributed by atoms with Crippen molar-refractivity contribution in [3.05, 3.63) is 66.2 Å². The fraction of sp³-hybridized carbons (Fsp3) is 0.316. The molecule has 0 spiro atoms. The summed E-state index contributed by atoms with van der Waals surface area (Å²) in [5.41, 5.74) is 2.67. The van der Waals surface area contributed by atoms with Crippen molar-refractivity contribution < 1.29 is 4.79 Å². The Morgan fingerprint density at radius 3 is 2.72 bits per heavy atom. The van der Waals surface area contributed by atoms with Crippen molar-refractivity contribution in [3.8, 4) is 5.69 Å². The van der Waals surface area contributed by atoms with E-state index in [-0.39, 0.29) is 5.91 Å². The fourth-order valence-electron chi connectivity index (χ4n) is 3.11. The van der Waals surface area contributed by atoms with Crippen molar-refractivity contribution >= 4 is 5.91 Å². The molecule has 1 amide bonds. The molecule has 25 heavy (non-hydrogen) atoms. The van der Waals surface area contributed by atoms with Crippen molar-refractivity contribution in [2.75, 3.05) is 7.05 Å². The number of amides is 1. The van der Waals surface area contributed by atoms with Crippen molar-refractivity contribution in [2.24, 2.45) is 0 Å². The molecule has 1 saturated carbocycles. The van der Waals surface area contributed by atoms with Crippen LogP contribution in [-0.2, 0) is 6.54 Å². The number of carbonyl (C=O) groups is 1. The normalized spacial score (nSPS) is 14.3. The molecule has 0 aliphatic heterocycles. The first kappa shape index (κ1) is 15.6. The zero-order valence-electron chi connectivity index (χ0n) is 14.2. The molecule has 4 rings (SSSR count). The van der Waals surface area contributed by atoms with Gasteiger partial charge in [0.1, 0.15) is 5.69 Å². The van der Waals surface area contributed by atoms with Gasteiger partial charge >= 0.3 is 0 Å². The standard InChI is InChI=1S/C19H21N5O/c1-22(19(25)18-10-11-20-24(18)17-8-5-9-17)13-15-12-21-23(14-15)16-6-3-2-4-7-16/h2-4,6-7,10-12,14,17H,5,8-9,13H2,1H3. The Labute approximate surface area is 146 Å².